The molecule has 6 nitrogen and oxygen atoms in total. The Hall–Kier alpha value is -2.37. The molecule has 4 rings (SSSR count). The van der Waals surface area contributed by atoms with Gasteiger partial charge in [0, 0.05) is 12.6 Å². The fourth-order valence-corrected chi connectivity index (χ4v) is 3.23. The third-order valence-electron chi connectivity index (χ3n) is 4.33. The average molecular weight is 286 g/mol. The van der Waals surface area contributed by atoms with Crippen LogP contribution in [0.25, 0.3) is 0 Å². The maximum absolute atomic E-state index is 12.5. The van der Waals surface area contributed by atoms with Gasteiger partial charge in [0.15, 0.2) is 6.61 Å². The van der Waals surface area contributed by atoms with E-state index in [1.165, 1.54) is 5.56 Å². The molecular weight excluding hydrogens is 270 g/mol. The van der Waals surface area contributed by atoms with Gasteiger partial charge in [-0.2, -0.15) is 0 Å². The maximum atomic E-state index is 12.5. The third kappa shape index (κ3) is 1.90. The molecule has 1 N–H and O–H groups in total. The lowest BCUT2D eigenvalue weighted by molar-refractivity contribution is -0.795. The number of amides is 1. The first kappa shape index (κ1) is 12.4. The summed E-state index contributed by atoms with van der Waals surface area (Å²) in [6.45, 7) is 1.11. The number of fused-ring (bicyclic) bond motifs is 3. The molecule has 0 aromatic heterocycles. The van der Waals surface area contributed by atoms with E-state index < -0.39 is 0 Å². The minimum absolute atomic E-state index is 0.0326. The quantitative estimate of drug-likeness (QED) is 0.784. The van der Waals surface area contributed by atoms with Crippen molar-refractivity contribution in [3.8, 4) is 0 Å². The Morgan fingerprint density at radius 2 is 2.24 bits per heavy atom. The third-order valence-corrected chi connectivity index (χ3v) is 4.33. The minimum Gasteiger partial charge on any atom is -0.357 e. The first-order chi connectivity index (χ1) is 10.2. The molecule has 108 valence electrons. The van der Waals surface area contributed by atoms with E-state index in [1.807, 2.05) is 23.1 Å². The lowest BCUT2D eigenvalue weighted by Gasteiger charge is -2.30. The molecule has 2 fully saturated rings. The van der Waals surface area contributed by atoms with Gasteiger partial charge in [0.05, 0.1) is 11.3 Å². The van der Waals surface area contributed by atoms with E-state index in [2.05, 4.69) is 11.4 Å². The Labute approximate surface area is 121 Å². The monoisotopic (exact) mass is 286 g/mol. The van der Waals surface area contributed by atoms with Crippen LogP contribution in [-0.2, 0) is 16.1 Å². The summed E-state index contributed by atoms with van der Waals surface area (Å²) >= 11 is 0. The van der Waals surface area contributed by atoms with E-state index in [0.717, 1.165) is 12.0 Å². The van der Waals surface area contributed by atoms with Gasteiger partial charge in [-0.3, -0.25) is 4.79 Å². The number of hydrogen-bond donors (Lipinski definition) is 1. The lowest BCUT2D eigenvalue weighted by Crippen LogP contribution is -2.36. The maximum Gasteiger partial charge on any atom is 0.281 e. The molecule has 2 atom stereocenters. The summed E-state index contributed by atoms with van der Waals surface area (Å²) in [6, 6.07) is 7.78. The van der Waals surface area contributed by atoms with Gasteiger partial charge in [0.1, 0.15) is 11.9 Å². The SMILES string of the molecule is O=C1/C(=C\C2CCO[N+]2=O)NC2c3ccccc3CCN12. The Kier molecular flexibility index (Phi) is 2.70. The van der Waals surface area contributed by atoms with Crippen LogP contribution < -0.4 is 5.32 Å². The lowest BCUT2D eigenvalue weighted by atomic mass is 9.98. The molecule has 1 aromatic rings. The van der Waals surface area contributed by atoms with Crippen LogP contribution in [0, 0.1) is 4.91 Å². The van der Waals surface area contributed by atoms with Crippen molar-refractivity contribution in [2.45, 2.75) is 25.0 Å². The minimum atomic E-state index is -0.381. The van der Waals surface area contributed by atoms with Crippen molar-refractivity contribution in [3.05, 3.63) is 52.1 Å². The zero-order valence-corrected chi connectivity index (χ0v) is 11.5. The fraction of sp³-hybridized carbons (Fsp3) is 0.400. The van der Waals surface area contributed by atoms with Crippen LogP contribution in [0.2, 0.25) is 0 Å². The molecular formula is C15H16N3O3+. The van der Waals surface area contributed by atoms with Gasteiger partial charge in [-0.1, -0.05) is 24.3 Å². The number of carbonyl (C=O) groups is 1. The zero-order valence-electron chi connectivity index (χ0n) is 11.5. The first-order valence-corrected chi connectivity index (χ1v) is 7.20. The molecule has 21 heavy (non-hydrogen) atoms. The van der Waals surface area contributed by atoms with E-state index in [9.17, 15) is 9.70 Å². The van der Waals surface area contributed by atoms with Gasteiger partial charge in [-0.25, -0.2) is 4.84 Å². The van der Waals surface area contributed by atoms with E-state index >= 15 is 0 Å². The number of nitrogens with one attached hydrogen (secondary N) is 1. The molecule has 3 heterocycles. The summed E-state index contributed by atoms with van der Waals surface area (Å²) in [5, 5.41) is 3.26. The summed E-state index contributed by atoms with van der Waals surface area (Å²) in [5.74, 6) is -0.0326. The van der Waals surface area contributed by atoms with Gasteiger partial charge < -0.3 is 10.2 Å². The highest BCUT2D eigenvalue weighted by atomic mass is 16.8. The molecule has 0 saturated carbocycles. The highest BCUT2D eigenvalue weighted by molar-refractivity contribution is 5.95. The van der Waals surface area contributed by atoms with Crippen molar-refractivity contribution in [1.82, 2.24) is 10.2 Å². The molecule has 3 aliphatic rings. The van der Waals surface area contributed by atoms with Gasteiger partial charge >= 0.3 is 0 Å². The van der Waals surface area contributed by atoms with E-state index in [0.29, 0.717) is 30.2 Å². The summed E-state index contributed by atoms with van der Waals surface area (Å²) in [5.41, 5.74) is 2.92. The summed E-state index contributed by atoms with van der Waals surface area (Å²) < 4.78 is 0. The highest BCUT2D eigenvalue weighted by Crippen LogP contribution is 2.33. The second-order valence-electron chi connectivity index (χ2n) is 5.55. The van der Waals surface area contributed by atoms with Gasteiger partial charge in [-0.05, 0) is 17.5 Å². The normalized spacial score (nSPS) is 29.1. The second kappa shape index (κ2) is 4.58. The predicted octanol–water partition coefficient (Wildman–Crippen LogP) is 1.04. The molecule has 3 aliphatic heterocycles. The van der Waals surface area contributed by atoms with Crippen LogP contribution in [0.5, 0.6) is 0 Å². The Morgan fingerprint density at radius 1 is 1.38 bits per heavy atom. The fourth-order valence-electron chi connectivity index (χ4n) is 3.23. The number of hydrogen-bond acceptors (Lipinski definition) is 4. The van der Waals surface area contributed by atoms with Gasteiger partial charge in [-0.15, -0.1) is 0 Å². The molecule has 1 aromatic carbocycles. The smallest absolute Gasteiger partial charge is 0.281 e. The Morgan fingerprint density at radius 3 is 3.05 bits per heavy atom. The van der Waals surface area contributed by atoms with Gasteiger partial charge in [0.2, 0.25) is 4.92 Å². The molecule has 1 amide bonds. The second-order valence-corrected chi connectivity index (χ2v) is 5.55. The first-order valence-electron chi connectivity index (χ1n) is 7.20. The van der Waals surface area contributed by atoms with E-state index in [-0.39, 0.29) is 18.1 Å². The molecule has 0 bridgehead atoms. The number of benzene rings is 1. The molecule has 2 unspecified atom stereocenters. The van der Waals surface area contributed by atoms with E-state index in [4.69, 9.17) is 4.84 Å². The Bertz CT molecular complexity index is 655. The van der Waals surface area contributed by atoms with Crippen LogP contribution in [0.4, 0.5) is 0 Å². The topological polar surface area (TPSA) is 61.7 Å². The van der Waals surface area contributed by atoms with E-state index in [1.54, 1.807) is 6.08 Å². The molecule has 0 spiro atoms. The van der Waals surface area contributed by atoms with Crippen molar-refractivity contribution >= 4 is 5.91 Å². The predicted molar refractivity (Wildman–Crippen MR) is 73.8 cm³/mol. The summed E-state index contributed by atoms with van der Waals surface area (Å²) in [4.78, 5) is 31.2. The van der Waals surface area contributed by atoms with Crippen LogP contribution in [0.3, 0.4) is 0 Å². The Balaban J connectivity index is 1.66. The van der Waals surface area contributed by atoms with Crippen LogP contribution in [-0.4, -0.2) is 34.9 Å². The average Bonchev–Trinajstić information content (AvgIpc) is 3.05. The number of rotatable bonds is 1. The van der Waals surface area contributed by atoms with Crippen molar-refractivity contribution in [1.29, 1.82) is 0 Å². The van der Waals surface area contributed by atoms with Crippen LogP contribution in [0.15, 0.2) is 36.0 Å². The van der Waals surface area contributed by atoms with Gasteiger partial charge in [0.25, 0.3) is 11.9 Å². The standard InChI is InChI=1S/C15H16N3O3/c19-15-13(9-11-6-8-21-18(11)20)16-14-12-4-2-1-3-10(12)5-7-17(14)15/h1-4,9,11,14,16H,5-8H2/q+1/b13-9+. The van der Waals surface area contributed by atoms with Crippen molar-refractivity contribution in [2.24, 2.45) is 0 Å². The number of carbonyl (C=O) groups excluding carboxylic acids is 1. The zero-order chi connectivity index (χ0) is 14.4. The largest absolute Gasteiger partial charge is 0.357 e. The molecule has 2 saturated heterocycles. The van der Waals surface area contributed by atoms with Crippen LogP contribution >= 0.6 is 0 Å². The van der Waals surface area contributed by atoms with Crippen molar-refractivity contribution < 1.29 is 14.6 Å². The molecule has 0 radical (unpaired) electrons. The summed E-state index contributed by atoms with van der Waals surface area (Å²) in [7, 11) is 0. The highest BCUT2D eigenvalue weighted by Gasteiger charge is 2.42. The molecule has 6 heteroatoms. The van der Waals surface area contributed by atoms with Crippen LogP contribution in [0.1, 0.15) is 23.7 Å². The molecule has 0 aliphatic carbocycles. The summed E-state index contributed by atoms with van der Waals surface area (Å²) in [6.07, 6.45) is 3.07. The number of nitrogens with zero attached hydrogens (tertiary/aromatic N) is 2. The van der Waals surface area contributed by atoms with Crippen molar-refractivity contribution in [2.75, 3.05) is 13.2 Å². The van der Waals surface area contributed by atoms with Crippen molar-refractivity contribution in [3.63, 3.8) is 0 Å².